The first-order valence-electron chi connectivity index (χ1n) is 9.32. The van der Waals surface area contributed by atoms with Crippen LogP contribution in [0.4, 0.5) is 10.5 Å². The molecule has 0 saturated carbocycles. The zero-order valence-electron chi connectivity index (χ0n) is 15.8. The summed E-state index contributed by atoms with van der Waals surface area (Å²) < 4.78 is 29.8. The molecule has 1 aromatic rings. The third-order valence-corrected chi connectivity index (χ3v) is 6.90. The van der Waals surface area contributed by atoms with E-state index in [0.29, 0.717) is 24.5 Å². The molecule has 0 aromatic heterocycles. The standard InChI is InChI=1S/C18H25N3O6S/c1-2-28(25,26)14-3-4-16-15(11-14)21(17(22)12-27-16)10-9-20-7-5-13(6-8-20)19-18(23)24/h3-4,11,13,19H,2,5-10,12H2,1H3,(H,23,24). The van der Waals surface area contributed by atoms with Gasteiger partial charge < -0.3 is 25.0 Å². The predicted molar refractivity (Wildman–Crippen MR) is 103 cm³/mol. The van der Waals surface area contributed by atoms with Crippen LogP contribution in [0.15, 0.2) is 23.1 Å². The van der Waals surface area contributed by atoms with Gasteiger partial charge in [-0.15, -0.1) is 0 Å². The molecule has 1 saturated heterocycles. The second kappa shape index (κ2) is 8.36. The monoisotopic (exact) mass is 411 g/mol. The quantitative estimate of drug-likeness (QED) is 0.715. The van der Waals surface area contributed by atoms with Crippen LogP contribution in [-0.4, -0.2) is 75.0 Å². The van der Waals surface area contributed by atoms with Crippen molar-refractivity contribution < 1.29 is 27.9 Å². The SMILES string of the molecule is CCS(=O)(=O)c1ccc2c(c1)N(CCN1CCC(NC(=O)O)CC1)C(=O)CO2. The molecule has 9 nitrogen and oxygen atoms in total. The predicted octanol–water partition coefficient (Wildman–Crippen LogP) is 0.938. The Labute approximate surface area is 164 Å². The molecule has 0 atom stereocenters. The highest BCUT2D eigenvalue weighted by molar-refractivity contribution is 7.91. The Morgan fingerprint density at radius 3 is 2.64 bits per heavy atom. The fourth-order valence-corrected chi connectivity index (χ4v) is 4.40. The van der Waals surface area contributed by atoms with Crippen molar-refractivity contribution in [3.8, 4) is 5.75 Å². The van der Waals surface area contributed by atoms with Crippen LogP contribution in [0.3, 0.4) is 0 Å². The minimum absolute atomic E-state index is 0.0140. The topological polar surface area (TPSA) is 116 Å². The number of piperidine rings is 1. The zero-order valence-corrected chi connectivity index (χ0v) is 16.6. The summed E-state index contributed by atoms with van der Waals surface area (Å²) in [6.07, 6.45) is 0.435. The fraction of sp³-hybridized carbons (Fsp3) is 0.556. The van der Waals surface area contributed by atoms with E-state index in [4.69, 9.17) is 9.84 Å². The van der Waals surface area contributed by atoms with Crippen LogP contribution in [0, 0.1) is 0 Å². The first kappa shape index (κ1) is 20.4. The molecule has 0 spiro atoms. The molecule has 10 heteroatoms. The van der Waals surface area contributed by atoms with Crippen LogP contribution in [0.25, 0.3) is 0 Å². The summed E-state index contributed by atoms with van der Waals surface area (Å²) in [6, 6.07) is 4.57. The summed E-state index contributed by atoms with van der Waals surface area (Å²) in [5, 5.41) is 11.3. The number of nitrogens with one attached hydrogen (secondary N) is 1. The molecule has 2 aliphatic heterocycles. The van der Waals surface area contributed by atoms with Gasteiger partial charge in [-0.1, -0.05) is 6.92 Å². The number of hydrogen-bond donors (Lipinski definition) is 2. The van der Waals surface area contributed by atoms with E-state index in [1.165, 1.54) is 12.1 Å². The van der Waals surface area contributed by atoms with Crippen LogP contribution in [0.1, 0.15) is 19.8 Å². The molecule has 2 heterocycles. The molecule has 28 heavy (non-hydrogen) atoms. The normalized spacial score (nSPS) is 18.5. The lowest BCUT2D eigenvalue weighted by Gasteiger charge is -2.35. The minimum Gasteiger partial charge on any atom is -0.482 e. The molecule has 1 fully saturated rings. The molecule has 0 aliphatic carbocycles. The van der Waals surface area contributed by atoms with Gasteiger partial charge in [0.2, 0.25) is 0 Å². The number of carbonyl (C=O) groups excluding carboxylic acids is 1. The Morgan fingerprint density at radius 2 is 2.00 bits per heavy atom. The molecule has 0 bridgehead atoms. The smallest absolute Gasteiger partial charge is 0.404 e. The Kier molecular flexibility index (Phi) is 6.09. The highest BCUT2D eigenvalue weighted by atomic mass is 32.2. The Hall–Kier alpha value is -2.33. The van der Waals surface area contributed by atoms with Gasteiger partial charge in [-0.25, -0.2) is 13.2 Å². The fourth-order valence-electron chi connectivity index (χ4n) is 3.50. The Morgan fingerprint density at radius 1 is 1.29 bits per heavy atom. The number of sulfone groups is 1. The summed E-state index contributed by atoms with van der Waals surface area (Å²) in [4.78, 5) is 27.1. The number of likely N-dealkylation sites (tertiary alicyclic amines) is 1. The maximum absolute atomic E-state index is 12.4. The second-order valence-electron chi connectivity index (χ2n) is 6.93. The summed E-state index contributed by atoms with van der Waals surface area (Å²) in [5.41, 5.74) is 0.480. The van der Waals surface area contributed by atoms with Gasteiger partial charge >= 0.3 is 6.09 Å². The average molecular weight is 411 g/mol. The lowest BCUT2D eigenvalue weighted by atomic mass is 10.1. The largest absolute Gasteiger partial charge is 0.482 e. The van der Waals surface area contributed by atoms with E-state index in [0.717, 1.165) is 25.9 Å². The lowest BCUT2D eigenvalue weighted by molar-refractivity contribution is -0.121. The highest BCUT2D eigenvalue weighted by Gasteiger charge is 2.28. The molecule has 1 aromatic carbocycles. The molecular weight excluding hydrogens is 386 g/mol. The molecule has 2 amide bonds. The van der Waals surface area contributed by atoms with Gasteiger partial charge in [-0.3, -0.25) is 4.79 Å². The third-order valence-electron chi connectivity index (χ3n) is 5.17. The van der Waals surface area contributed by atoms with Crippen molar-refractivity contribution in [1.29, 1.82) is 0 Å². The van der Waals surface area contributed by atoms with Gasteiger partial charge in [0.25, 0.3) is 5.91 Å². The number of nitrogens with zero attached hydrogens (tertiary/aromatic N) is 2. The first-order chi connectivity index (χ1) is 13.3. The maximum Gasteiger partial charge on any atom is 0.404 e. The number of benzene rings is 1. The van der Waals surface area contributed by atoms with E-state index in [-0.39, 0.29) is 29.2 Å². The van der Waals surface area contributed by atoms with Crippen LogP contribution < -0.4 is 15.0 Å². The van der Waals surface area contributed by atoms with Gasteiger partial charge in [0.15, 0.2) is 16.4 Å². The van der Waals surface area contributed by atoms with Crippen molar-refractivity contribution in [2.75, 3.05) is 43.4 Å². The summed E-state index contributed by atoms with van der Waals surface area (Å²) in [6.45, 7) is 4.02. The van der Waals surface area contributed by atoms with Gasteiger partial charge in [-0.05, 0) is 31.0 Å². The van der Waals surface area contributed by atoms with Crippen molar-refractivity contribution in [2.24, 2.45) is 0 Å². The molecule has 3 rings (SSSR count). The number of rotatable bonds is 6. The number of carbonyl (C=O) groups is 2. The van der Waals surface area contributed by atoms with Crippen molar-refractivity contribution in [2.45, 2.75) is 30.7 Å². The van der Waals surface area contributed by atoms with E-state index in [1.54, 1.807) is 17.9 Å². The van der Waals surface area contributed by atoms with Crippen molar-refractivity contribution in [3.63, 3.8) is 0 Å². The van der Waals surface area contributed by atoms with E-state index < -0.39 is 15.9 Å². The number of ether oxygens (including phenoxy) is 1. The zero-order chi connectivity index (χ0) is 20.3. The number of hydrogen-bond acceptors (Lipinski definition) is 6. The van der Waals surface area contributed by atoms with E-state index >= 15 is 0 Å². The van der Waals surface area contributed by atoms with E-state index in [9.17, 15) is 18.0 Å². The molecule has 0 unspecified atom stereocenters. The van der Waals surface area contributed by atoms with Crippen LogP contribution in [-0.2, 0) is 14.6 Å². The Balaban J connectivity index is 1.67. The van der Waals surface area contributed by atoms with Crippen LogP contribution >= 0.6 is 0 Å². The second-order valence-corrected chi connectivity index (χ2v) is 9.21. The molecule has 2 N–H and O–H groups in total. The summed E-state index contributed by atoms with van der Waals surface area (Å²) in [5.74, 6) is 0.278. The number of amides is 2. The molecule has 0 radical (unpaired) electrons. The van der Waals surface area contributed by atoms with Gasteiger partial charge in [0, 0.05) is 32.2 Å². The first-order valence-corrected chi connectivity index (χ1v) is 11.0. The maximum atomic E-state index is 12.4. The van der Waals surface area contributed by atoms with Crippen molar-refractivity contribution >= 4 is 27.5 Å². The van der Waals surface area contributed by atoms with Crippen LogP contribution in [0.2, 0.25) is 0 Å². The van der Waals surface area contributed by atoms with E-state index in [1.807, 2.05) is 0 Å². The summed E-state index contributed by atoms with van der Waals surface area (Å²) in [7, 11) is -3.38. The minimum atomic E-state index is -3.38. The molecule has 2 aliphatic rings. The summed E-state index contributed by atoms with van der Waals surface area (Å²) >= 11 is 0. The number of fused-ring (bicyclic) bond motifs is 1. The van der Waals surface area contributed by atoms with Gasteiger partial charge in [-0.2, -0.15) is 0 Å². The third kappa shape index (κ3) is 4.56. The van der Waals surface area contributed by atoms with E-state index in [2.05, 4.69) is 10.2 Å². The number of anilines is 1. The van der Waals surface area contributed by atoms with Crippen molar-refractivity contribution in [3.05, 3.63) is 18.2 Å². The van der Waals surface area contributed by atoms with Crippen LogP contribution in [0.5, 0.6) is 5.75 Å². The van der Waals surface area contributed by atoms with Gasteiger partial charge in [0.1, 0.15) is 5.75 Å². The average Bonchev–Trinajstić information content (AvgIpc) is 2.67. The Bertz CT molecular complexity index is 849. The molecular formula is C18H25N3O6S. The number of carboxylic acid groups (broad SMARTS) is 1. The highest BCUT2D eigenvalue weighted by Crippen LogP contribution is 2.34. The lowest BCUT2D eigenvalue weighted by Crippen LogP contribution is -2.48. The van der Waals surface area contributed by atoms with Gasteiger partial charge in [0.05, 0.1) is 16.3 Å². The van der Waals surface area contributed by atoms with Crippen molar-refractivity contribution in [1.82, 2.24) is 10.2 Å². The molecule has 154 valence electrons.